The predicted octanol–water partition coefficient (Wildman–Crippen LogP) is 3.79. The first-order valence-electron chi connectivity index (χ1n) is 9.11. The minimum absolute atomic E-state index is 0.150. The van der Waals surface area contributed by atoms with E-state index in [0.29, 0.717) is 5.92 Å². The van der Waals surface area contributed by atoms with Crippen molar-refractivity contribution in [2.24, 2.45) is 0 Å². The number of benzene rings is 1. The minimum Gasteiger partial charge on any atom is -0.336 e. The number of aromatic nitrogens is 1. The molecule has 0 bridgehead atoms. The molecular formula is C20H27N3OS. The van der Waals surface area contributed by atoms with Gasteiger partial charge in [-0.3, -0.25) is 9.69 Å². The molecule has 2 heterocycles. The fraction of sp³-hybridized carbons (Fsp3) is 0.500. The van der Waals surface area contributed by atoms with E-state index in [1.807, 2.05) is 17.0 Å². The molecule has 134 valence electrons. The summed E-state index contributed by atoms with van der Waals surface area (Å²) in [5.74, 6) is 0.642. The molecule has 1 fully saturated rings. The lowest BCUT2D eigenvalue weighted by molar-refractivity contribution is 0.0627. The molecule has 0 radical (unpaired) electrons. The highest BCUT2D eigenvalue weighted by atomic mass is 32.1. The van der Waals surface area contributed by atoms with Gasteiger partial charge in [0.25, 0.3) is 5.91 Å². The van der Waals surface area contributed by atoms with Gasteiger partial charge in [-0.1, -0.05) is 32.9 Å². The second-order valence-electron chi connectivity index (χ2n) is 6.93. The molecule has 1 saturated heterocycles. The first-order chi connectivity index (χ1) is 12.1. The zero-order valence-corrected chi connectivity index (χ0v) is 16.2. The smallest absolute Gasteiger partial charge is 0.253 e. The molecule has 4 nitrogen and oxygen atoms in total. The highest BCUT2D eigenvalue weighted by molar-refractivity contribution is 7.09. The lowest BCUT2D eigenvalue weighted by atomic mass is 10.0. The zero-order valence-electron chi connectivity index (χ0n) is 15.4. The zero-order chi connectivity index (χ0) is 17.8. The van der Waals surface area contributed by atoms with Gasteiger partial charge in [0, 0.05) is 43.7 Å². The third-order valence-electron chi connectivity index (χ3n) is 4.77. The van der Waals surface area contributed by atoms with E-state index in [9.17, 15) is 4.79 Å². The molecule has 0 atom stereocenters. The van der Waals surface area contributed by atoms with Gasteiger partial charge in [0.05, 0.1) is 10.7 Å². The summed E-state index contributed by atoms with van der Waals surface area (Å²) in [4.78, 5) is 21.7. The number of amides is 1. The SMILES string of the molecule is CCc1nc(CN2CCN(C(=O)c3ccc(C(C)C)cc3)CC2)cs1. The number of aryl methyl sites for hydroxylation is 1. The van der Waals surface area contributed by atoms with E-state index >= 15 is 0 Å². The van der Waals surface area contributed by atoms with Crippen LogP contribution in [0.5, 0.6) is 0 Å². The number of carbonyl (C=O) groups excluding carboxylic acids is 1. The molecule has 1 aliphatic heterocycles. The molecule has 0 spiro atoms. The van der Waals surface area contributed by atoms with E-state index in [4.69, 9.17) is 0 Å². The molecule has 1 aliphatic rings. The van der Waals surface area contributed by atoms with E-state index in [0.717, 1.165) is 50.4 Å². The van der Waals surface area contributed by atoms with Crippen molar-refractivity contribution in [3.8, 4) is 0 Å². The van der Waals surface area contributed by atoms with Crippen LogP contribution in [0.25, 0.3) is 0 Å². The van der Waals surface area contributed by atoms with Crippen molar-refractivity contribution in [2.75, 3.05) is 26.2 Å². The molecule has 0 N–H and O–H groups in total. The lowest BCUT2D eigenvalue weighted by Gasteiger charge is -2.34. The number of hydrogen-bond acceptors (Lipinski definition) is 4. The summed E-state index contributed by atoms with van der Waals surface area (Å²) < 4.78 is 0. The van der Waals surface area contributed by atoms with Crippen molar-refractivity contribution in [1.29, 1.82) is 0 Å². The number of nitrogens with zero attached hydrogens (tertiary/aromatic N) is 3. The normalized spacial score (nSPS) is 15.8. The Morgan fingerprint density at radius 1 is 1.16 bits per heavy atom. The monoisotopic (exact) mass is 357 g/mol. The number of hydrogen-bond donors (Lipinski definition) is 0. The molecule has 25 heavy (non-hydrogen) atoms. The van der Waals surface area contributed by atoms with Gasteiger partial charge in [-0.25, -0.2) is 4.98 Å². The predicted molar refractivity (Wildman–Crippen MR) is 103 cm³/mol. The number of piperazine rings is 1. The number of rotatable bonds is 5. The molecule has 1 aromatic heterocycles. The average Bonchev–Trinajstić information content (AvgIpc) is 3.09. The van der Waals surface area contributed by atoms with Crippen LogP contribution < -0.4 is 0 Å². The van der Waals surface area contributed by atoms with Gasteiger partial charge in [0.15, 0.2) is 0 Å². The van der Waals surface area contributed by atoms with Gasteiger partial charge >= 0.3 is 0 Å². The van der Waals surface area contributed by atoms with Gasteiger partial charge in [-0.15, -0.1) is 11.3 Å². The highest BCUT2D eigenvalue weighted by Crippen LogP contribution is 2.17. The lowest BCUT2D eigenvalue weighted by Crippen LogP contribution is -2.48. The summed E-state index contributed by atoms with van der Waals surface area (Å²) in [6.07, 6.45) is 1.00. The van der Waals surface area contributed by atoms with Crippen LogP contribution in [-0.4, -0.2) is 46.9 Å². The molecule has 0 unspecified atom stereocenters. The molecule has 1 aromatic carbocycles. The van der Waals surface area contributed by atoms with E-state index < -0.39 is 0 Å². The van der Waals surface area contributed by atoms with Crippen LogP contribution >= 0.6 is 11.3 Å². The van der Waals surface area contributed by atoms with Crippen LogP contribution in [0.4, 0.5) is 0 Å². The second-order valence-corrected chi connectivity index (χ2v) is 7.87. The molecule has 5 heteroatoms. The maximum Gasteiger partial charge on any atom is 0.253 e. The van der Waals surface area contributed by atoms with Gasteiger partial charge in [-0.2, -0.15) is 0 Å². The second kappa shape index (κ2) is 8.11. The van der Waals surface area contributed by atoms with E-state index in [1.54, 1.807) is 11.3 Å². The van der Waals surface area contributed by atoms with Crippen molar-refractivity contribution in [2.45, 2.75) is 39.7 Å². The highest BCUT2D eigenvalue weighted by Gasteiger charge is 2.22. The molecule has 0 aliphatic carbocycles. The van der Waals surface area contributed by atoms with Crippen LogP contribution in [0, 0.1) is 0 Å². The van der Waals surface area contributed by atoms with E-state index in [1.165, 1.54) is 10.6 Å². The van der Waals surface area contributed by atoms with Gasteiger partial charge < -0.3 is 4.90 Å². The van der Waals surface area contributed by atoms with Gasteiger partial charge in [0.2, 0.25) is 0 Å². The molecule has 0 saturated carbocycles. The largest absolute Gasteiger partial charge is 0.336 e. The Bertz CT molecular complexity index is 700. The van der Waals surface area contributed by atoms with Gasteiger partial charge in [0.1, 0.15) is 0 Å². The first kappa shape index (κ1) is 18.1. The fourth-order valence-corrected chi connectivity index (χ4v) is 3.85. The summed E-state index contributed by atoms with van der Waals surface area (Å²) in [5, 5.41) is 3.36. The Morgan fingerprint density at radius 2 is 1.84 bits per heavy atom. The van der Waals surface area contributed by atoms with Crippen molar-refractivity contribution >= 4 is 17.2 Å². The summed E-state index contributed by atoms with van der Waals surface area (Å²) in [5.41, 5.74) is 3.23. The Labute approximate surface area is 154 Å². The van der Waals surface area contributed by atoms with Crippen molar-refractivity contribution in [3.63, 3.8) is 0 Å². The van der Waals surface area contributed by atoms with E-state index in [-0.39, 0.29) is 5.91 Å². The van der Waals surface area contributed by atoms with Crippen LogP contribution in [-0.2, 0) is 13.0 Å². The molecule has 2 aromatic rings. The number of thiazole rings is 1. The van der Waals surface area contributed by atoms with Crippen LogP contribution in [0.1, 0.15) is 53.3 Å². The van der Waals surface area contributed by atoms with Crippen molar-refractivity contribution < 1.29 is 4.79 Å². The standard InChI is InChI=1S/C20H27N3OS/c1-4-19-21-18(14-25-19)13-22-9-11-23(12-10-22)20(24)17-7-5-16(6-8-17)15(2)3/h5-8,14-15H,4,9-13H2,1-3H3. The third kappa shape index (κ3) is 4.47. The van der Waals surface area contributed by atoms with Crippen LogP contribution in [0.3, 0.4) is 0 Å². The maximum absolute atomic E-state index is 12.7. The van der Waals surface area contributed by atoms with Crippen LogP contribution in [0.15, 0.2) is 29.6 Å². The minimum atomic E-state index is 0.150. The quantitative estimate of drug-likeness (QED) is 0.817. The number of carbonyl (C=O) groups is 1. The molecular weight excluding hydrogens is 330 g/mol. The summed E-state index contributed by atoms with van der Waals surface area (Å²) in [6, 6.07) is 8.07. The van der Waals surface area contributed by atoms with E-state index in [2.05, 4.69) is 48.2 Å². The Hall–Kier alpha value is -1.72. The Kier molecular flexibility index (Phi) is 5.86. The maximum atomic E-state index is 12.7. The average molecular weight is 358 g/mol. The van der Waals surface area contributed by atoms with Crippen molar-refractivity contribution in [3.05, 3.63) is 51.5 Å². The fourth-order valence-electron chi connectivity index (χ4n) is 3.12. The summed E-state index contributed by atoms with van der Waals surface area (Å²) in [7, 11) is 0. The molecule has 3 rings (SSSR count). The first-order valence-corrected chi connectivity index (χ1v) is 9.99. The third-order valence-corrected chi connectivity index (χ3v) is 5.81. The summed E-state index contributed by atoms with van der Waals surface area (Å²) >= 11 is 1.74. The topological polar surface area (TPSA) is 36.4 Å². The summed E-state index contributed by atoms with van der Waals surface area (Å²) in [6.45, 7) is 10.8. The van der Waals surface area contributed by atoms with Crippen LogP contribution in [0.2, 0.25) is 0 Å². The van der Waals surface area contributed by atoms with Crippen molar-refractivity contribution in [1.82, 2.24) is 14.8 Å². The Morgan fingerprint density at radius 3 is 2.40 bits per heavy atom. The van der Waals surface area contributed by atoms with Gasteiger partial charge in [-0.05, 0) is 30.0 Å². The Balaban J connectivity index is 1.53. The molecule has 1 amide bonds.